The zero-order valence-corrected chi connectivity index (χ0v) is 16.8. The van der Waals surface area contributed by atoms with Crippen molar-refractivity contribution in [1.29, 1.82) is 5.26 Å². The van der Waals surface area contributed by atoms with Gasteiger partial charge in [0.15, 0.2) is 17.4 Å². The molecule has 0 saturated heterocycles. The number of nitrogens with two attached hydrogens (primary N) is 1. The molecule has 3 unspecified atom stereocenters. The molecular formula is C22H21N3O5. The third-order valence-electron chi connectivity index (χ3n) is 5.47. The van der Waals surface area contributed by atoms with Crippen molar-refractivity contribution in [3.63, 3.8) is 0 Å². The Hall–Kier alpha value is -3.86. The first-order valence-corrected chi connectivity index (χ1v) is 9.29. The Morgan fingerprint density at radius 3 is 2.43 bits per heavy atom. The van der Waals surface area contributed by atoms with Gasteiger partial charge in [0.25, 0.3) is 0 Å². The first-order valence-electron chi connectivity index (χ1n) is 9.29. The highest BCUT2D eigenvalue weighted by Gasteiger charge is 2.43. The lowest BCUT2D eigenvalue weighted by Gasteiger charge is -2.40. The Balaban J connectivity index is 1.90. The number of benzene rings is 1. The maximum Gasteiger partial charge on any atom is 0.247 e. The van der Waals surface area contributed by atoms with Crippen LogP contribution in [0.15, 0.2) is 59.2 Å². The van der Waals surface area contributed by atoms with Gasteiger partial charge >= 0.3 is 0 Å². The van der Waals surface area contributed by atoms with Crippen LogP contribution in [0.4, 0.5) is 0 Å². The van der Waals surface area contributed by atoms with Gasteiger partial charge < -0.3 is 30.0 Å². The van der Waals surface area contributed by atoms with E-state index in [1.165, 1.54) is 27.4 Å². The van der Waals surface area contributed by atoms with Crippen LogP contribution >= 0.6 is 0 Å². The third kappa shape index (κ3) is 2.95. The van der Waals surface area contributed by atoms with Crippen molar-refractivity contribution in [2.24, 2.45) is 11.7 Å². The Morgan fingerprint density at radius 1 is 1.13 bits per heavy atom. The highest BCUT2D eigenvalue weighted by Crippen LogP contribution is 2.48. The highest BCUT2D eigenvalue weighted by molar-refractivity contribution is 5.90. The molecule has 4 rings (SSSR count). The summed E-state index contributed by atoms with van der Waals surface area (Å²) in [7, 11) is 4.60. The number of nitrogens with one attached hydrogen (secondary N) is 1. The van der Waals surface area contributed by atoms with Crippen molar-refractivity contribution in [1.82, 2.24) is 5.32 Å². The molecule has 1 aromatic rings. The normalized spacial score (nSPS) is 24.3. The molecule has 8 heteroatoms. The van der Waals surface area contributed by atoms with E-state index in [9.17, 15) is 10.1 Å². The minimum atomic E-state index is -0.466. The summed E-state index contributed by atoms with van der Waals surface area (Å²) < 4.78 is 22.3. The van der Waals surface area contributed by atoms with Gasteiger partial charge in [-0.15, -0.1) is 0 Å². The third-order valence-corrected chi connectivity index (χ3v) is 5.47. The topological polar surface area (TPSA) is 116 Å². The van der Waals surface area contributed by atoms with Crippen molar-refractivity contribution in [3.8, 4) is 23.3 Å². The molecule has 2 heterocycles. The number of fused-ring (bicyclic) bond motifs is 3. The van der Waals surface area contributed by atoms with Gasteiger partial charge in [-0.05, 0) is 29.3 Å². The number of rotatable bonds is 4. The fraction of sp³-hybridized carbons (Fsp3) is 0.273. The molecule has 0 aromatic heterocycles. The molecule has 1 aliphatic carbocycles. The summed E-state index contributed by atoms with van der Waals surface area (Å²) in [6.45, 7) is 0. The Labute approximate surface area is 173 Å². The zero-order valence-electron chi connectivity index (χ0n) is 16.8. The zero-order chi connectivity index (χ0) is 21.4. The summed E-state index contributed by atoms with van der Waals surface area (Å²) in [6.07, 6.45) is 6.51. The molecule has 0 saturated carbocycles. The molecule has 0 spiro atoms. The minimum absolute atomic E-state index is 0.0601. The number of amides is 1. The highest BCUT2D eigenvalue weighted by atomic mass is 16.5. The summed E-state index contributed by atoms with van der Waals surface area (Å²) >= 11 is 0. The van der Waals surface area contributed by atoms with Gasteiger partial charge in [0.05, 0.1) is 27.2 Å². The Kier molecular flexibility index (Phi) is 4.88. The van der Waals surface area contributed by atoms with E-state index in [1.54, 1.807) is 18.2 Å². The van der Waals surface area contributed by atoms with E-state index in [-0.39, 0.29) is 17.7 Å². The van der Waals surface area contributed by atoms with Gasteiger partial charge in [-0.25, -0.2) is 0 Å². The molecule has 3 N–H and O–H groups in total. The maximum absolute atomic E-state index is 11.7. The van der Waals surface area contributed by atoms with E-state index in [0.717, 1.165) is 16.8 Å². The SMILES string of the molecule is COc1cc(C2C3=CC=C4NC(=O)C=CC4C3OC(N)=C2C#N)cc(OC)c1OC. The number of methoxy groups -OCH3 is 3. The second kappa shape index (κ2) is 7.52. The predicted molar refractivity (Wildman–Crippen MR) is 107 cm³/mol. The molecule has 8 nitrogen and oxygen atoms in total. The molecule has 0 bridgehead atoms. The molecule has 0 fully saturated rings. The molecular weight excluding hydrogens is 386 g/mol. The van der Waals surface area contributed by atoms with Crippen LogP contribution in [0, 0.1) is 17.2 Å². The average Bonchev–Trinajstić information content (AvgIpc) is 2.76. The molecule has 3 atom stereocenters. The number of hydrogen-bond acceptors (Lipinski definition) is 7. The van der Waals surface area contributed by atoms with Crippen LogP contribution in [0.3, 0.4) is 0 Å². The smallest absolute Gasteiger partial charge is 0.247 e. The van der Waals surface area contributed by atoms with Crippen molar-refractivity contribution in [3.05, 3.63) is 64.7 Å². The fourth-order valence-electron chi connectivity index (χ4n) is 4.12. The number of carbonyl (C=O) groups is 1. The monoisotopic (exact) mass is 407 g/mol. The summed E-state index contributed by atoms with van der Waals surface area (Å²) in [5, 5.41) is 12.7. The van der Waals surface area contributed by atoms with E-state index in [2.05, 4.69) is 11.4 Å². The maximum atomic E-state index is 11.7. The molecule has 1 amide bonds. The number of ether oxygens (including phenoxy) is 4. The second-order valence-corrected chi connectivity index (χ2v) is 6.98. The van der Waals surface area contributed by atoms with Crippen LogP contribution in [-0.4, -0.2) is 33.3 Å². The van der Waals surface area contributed by atoms with Gasteiger partial charge in [-0.3, -0.25) is 4.79 Å². The number of nitrogens with zero attached hydrogens (tertiary/aromatic N) is 1. The van der Waals surface area contributed by atoms with Gasteiger partial charge in [-0.2, -0.15) is 5.26 Å². The van der Waals surface area contributed by atoms with Gasteiger partial charge in [0.2, 0.25) is 11.7 Å². The molecule has 1 aromatic carbocycles. The van der Waals surface area contributed by atoms with Gasteiger partial charge in [0.1, 0.15) is 17.7 Å². The van der Waals surface area contributed by atoms with E-state index in [0.29, 0.717) is 22.8 Å². The number of nitriles is 1. The van der Waals surface area contributed by atoms with Crippen molar-refractivity contribution in [2.45, 2.75) is 12.0 Å². The molecule has 154 valence electrons. The van der Waals surface area contributed by atoms with Crippen LogP contribution < -0.4 is 25.3 Å². The Bertz CT molecular complexity index is 1050. The number of carbonyl (C=O) groups excluding carboxylic acids is 1. The molecule has 3 aliphatic rings. The molecule has 0 radical (unpaired) electrons. The van der Waals surface area contributed by atoms with Crippen molar-refractivity contribution < 1.29 is 23.7 Å². The summed E-state index contributed by atoms with van der Waals surface area (Å²) in [4.78, 5) is 11.7. The predicted octanol–water partition coefficient (Wildman–Crippen LogP) is 2.01. The van der Waals surface area contributed by atoms with E-state index in [1.807, 2.05) is 12.2 Å². The fourth-order valence-corrected chi connectivity index (χ4v) is 4.12. The first kappa shape index (κ1) is 19.5. The lowest BCUT2D eigenvalue weighted by atomic mass is 9.74. The van der Waals surface area contributed by atoms with E-state index >= 15 is 0 Å². The Morgan fingerprint density at radius 2 is 1.83 bits per heavy atom. The van der Waals surface area contributed by atoms with E-state index in [4.69, 9.17) is 24.7 Å². The van der Waals surface area contributed by atoms with Crippen LogP contribution in [0.25, 0.3) is 0 Å². The first-order chi connectivity index (χ1) is 14.5. The van der Waals surface area contributed by atoms with Crippen LogP contribution in [0.5, 0.6) is 17.2 Å². The number of hydrogen-bond donors (Lipinski definition) is 2. The minimum Gasteiger partial charge on any atom is -0.493 e. The quantitative estimate of drug-likeness (QED) is 0.784. The lowest BCUT2D eigenvalue weighted by molar-refractivity contribution is -0.116. The van der Waals surface area contributed by atoms with E-state index < -0.39 is 12.0 Å². The van der Waals surface area contributed by atoms with Crippen LogP contribution in [-0.2, 0) is 9.53 Å². The van der Waals surface area contributed by atoms with Gasteiger partial charge in [0, 0.05) is 17.7 Å². The van der Waals surface area contributed by atoms with Gasteiger partial charge in [-0.1, -0.05) is 12.2 Å². The lowest BCUT2D eigenvalue weighted by Crippen LogP contribution is -2.42. The average molecular weight is 407 g/mol. The van der Waals surface area contributed by atoms with Crippen molar-refractivity contribution >= 4 is 5.91 Å². The molecule has 2 aliphatic heterocycles. The van der Waals surface area contributed by atoms with Crippen LogP contribution in [0.2, 0.25) is 0 Å². The molecule has 30 heavy (non-hydrogen) atoms. The van der Waals surface area contributed by atoms with Crippen molar-refractivity contribution in [2.75, 3.05) is 21.3 Å². The summed E-state index contributed by atoms with van der Waals surface area (Å²) in [5.41, 5.74) is 8.79. The second-order valence-electron chi connectivity index (χ2n) is 6.98. The summed E-state index contributed by atoms with van der Waals surface area (Å²) in [6, 6.07) is 5.79. The summed E-state index contributed by atoms with van der Waals surface area (Å²) in [5.74, 6) is 0.599. The standard InChI is InChI=1S/C22H21N3O5/c1-27-16-8-11(9-17(28-2)21(16)29-3)19-13-4-6-15-12(5-7-18(26)25-15)20(13)30-22(24)14(19)10-23/h4-9,12,19-20H,24H2,1-3H3,(H,25,26). The largest absolute Gasteiger partial charge is 0.493 e. The number of allylic oxidation sites excluding steroid dienone is 3. The van der Waals surface area contributed by atoms with Crippen LogP contribution in [0.1, 0.15) is 11.5 Å².